The van der Waals surface area contributed by atoms with E-state index in [0.717, 1.165) is 24.2 Å². The molecule has 0 fully saturated rings. The third-order valence-electron chi connectivity index (χ3n) is 3.44. The number of hydrogen-bond donors (Lipinski definition) is 2. The van der Waals surface area contributed by atoms with Crippen LogP contribution in [0.4, 0.5) is 0 Å². The average Bonchev–Trinajstić information content (AvgIpc) is 2.73. The van der Waals surface area contributed by atoms with Gasteiger partial charge in [0, 0.05) is 18.2 Å². The lowest BCUT2D eigenvalue weighted by Gasteiger charge is -2.28. The van der Waals surface area contributed by atoms with Crippen LogP contribution in [0.5, 0.6) is 0 Å². The molecule has 0 radical (unpaired) electrons. The fourth-order valence-electron chi connectivity index (χ4n) is 2.21. The van der Waals surface area contributed by atoms with Gasteiger partial charge < -0.3 is 10.3 Å². The smallest absolute Gasteiger partial charge is 0.158 e. The van der Waals surface area contributed by atoms with E-state index in [4.69, 9.17) is 0 Å². The van der Waals surface area contributed by atoms with E-state index in [2.05, 4.69) is 29.1 Å². The van der Waals surface area contributed by atoms with Crippen LogP contribution in [0, 0.1) is 0 Å². The van der Waals surface area contributed by atoms with Gasteiger partial charge in [-0.3, -0.25) is 4.79 Å². The number of hydrogen-bond acceptors (Lipinski definition) is 3. The molecule has 1 heterocycles. The lowest BCUT2D eigenvalue weighted by atomic mass is 9.86. The van der Waals surface area contributed by atoms with Gasteiger partial charge in [0.05, 0.1) is 24.0 Å². The summed E-state index contributed by atoms with van der Waals surface area (Å²) in [6, 6.07) is 0.323. The van der Waals surface area contributed by atoms with Crippen molar-refractivity contribution in [2.75, 3.05) is 0 Å². The van der Waals surface area contributed by atoms with Crippen LogP contribution in [0.15, 0.2) is 6.33 Å². The molecular weight excluding hydrogens is 202 g/mol. The number of imidazole rings is 1. The molecule has 88 valence electrons. The van der Waals surface area contributed by atoms with Gasteiger partial charge in [0.1, 0.15) is 0 Å². The fraction of sp³-hybridized carbons (Fsp3) is 0.667. The Morgan fingerprint density at radius 1 is 1.69 bits per heavy atom. The molecule has 0 saturated carbocycles. The lowest BCUT2D eigenvalue weighted by molar-refractivity contribution is -0.123. The Bertz CT molecular complexity index is 385. The van der Waals surface area contributed by atoms with E-state index in [9.17, 15) is 4.79 Å². The molecule has 1 aliphatic rings. The first-order valence-electron chi connectivity index (χ1n) is 5.95. The van der Waals surface area contributed by atoms with Crippen LogP contribution in [0.25, 0.3) is 0 Å². The van der Waals surface area contributed by atoms with Crippen molar-refractivity contribution in [1.82, 2.24) is 15.3 Å². The predicted molar refractivity (Wildman–Crippen MR) is 62.4 cm³/mol. The Hall–Kier alpha value is -1.16. The van der Waals surface area contributed by atoms with Crippen LogP contribution in [0.2, 0.25) is 0 Å². The highest BCUT2D eigenvalue weighted by atomic mass is 16.1. The molecular formula is C12H19N3O. The summed E-state index contributed by atoms with van der Waals surface area (Å²) < 4.78 is 0. The third-order valence-corrected chi connectivity index (χ3v) is 3.44. The summed E-state index contributed by atoms with van der Waals surface area (Å²) in [5, 5.41) is 3.38. The van der Waals surface area contributed by atoms with Crippen molar-refractivity contribution in [3.8, 4) is 0 Å². The van der Waals surface area contributed by atoms with Gasteiger partial charge in [-0.05, 0) is 20.3 Å². The minimum absolute atomic E-state index is 0.0575. The number of nitrogens with zero attached hydrogens (tertiary/aromatic N) is 1. The molecule has 0 bridgehead atoms. The molecule has 0 aliphatic heterocycles. The molecule has 16 heavy (non-hydrogen) atoms. The maximum atomic E-state index is 12.1. The number of nitrogens with one attached hydrogen (secondary N) is 2. The van der Waals surface area contributed by atoms with E-state index in [-0.39, 0.29) is 17.7 Å². The zero-order valence-corrected chi connectivity index (χ0v) is 10.1. The van der Waals surface area contributed by atoms with E-state index in [0.29, 0.717) is 6.04 Å². The van der Waals surface area contributed by atoms with Gasteiger partial charge in [0.15, 0.2) is 5.78 Å². The predicted octanol–water partition coefficient (Wildman–Crippen LogP) is 1.40. The van der Waals surface area contributed by atoms with Gasteiger partial charge in [-0.15, -0.1) is 0 Å². The molecule has 0 saturated heterocycles. The van der Waals surface area contributed by atoms with E-state index >= 15 is 0 Å². The molecule has 2 rings (SSSR count). The molecule has 1 aromatic rings. The minimum Gasteiger partial charge on any atom is -0.348 e. The van der Waals surface area contributed by atoms with Crippen molar-refractivity contribution in [1.29, 1.82) is 0 Å². The quantitative estimate of drug-likeness (QED) is 0.811. The number of carbonyl (C=O) groups excluding carboxylic acids is 1. The molecule has 4 nitrogen and oxygen atoms in total. The summed E-state index contributed by atoms with van der Waals surface area (Å²) in [4.78, 5) is 19.5. The van der Waals surface area contributed by atoms with Crippen molar-refractivity contribution in [2.45, 2.75) is 51.6 Å². The summed E-state index contributed by atoms with van der Waals surface area (Å²) in [6.07, 6.45) is 3.46. The van der Waals surface area contributed by atoms with Gasteiger partial charge >= 0.3 is 0 Å². The first-order valence-corrected chi connectivity index (χ1v) is 5.95. The highest BCUT2D eigenvalue weighted by Gasteiger charge is 2.34. The van der Waals surface area contributed by atoms with Crippen LogP contribution in [0.1, 0.15) is 44.5 Å². The Morgan fingerprint density at radius 2 is 2.44 bits per heavy atom. The lowest BCUT2D eigenvalue weighted by Crippen LogP contribution is -2.47. The van der Waals surface area contributed by atoms with Gasteiger partial charge in [0.2, 0.25) is 0 Å². The first-order chi connectivity index (χ1) is 7.63. The number of carbonyl (C=O) groups is 1. The number of fused-ring (bicyclic) bond motifs is 1. The molecule has 0 aromatic carbocycles. The maximum absolute atomic E-state index is 12.1. The number of rotatable bonds is 3. The summed E-state index contributed by atoms with van der Waals surface area (Å²) in [7, 11) is 0. The Morgan fingerprint density at radius 3 is 3.12 bits per heavy atom. The zero-order chi connectivity index (χ0) is 11.7. The summed E-state index contributed by atoms with van der Waals surface area (Å²) in [5.41, 5.74) is 2.03. The highest BCUT2D eigenvalue weighted by molar-refractivity contribution is 5.91. The van der Waals surface area contributed by atoms with Crippen molar-refractivity contribution < 1.29 is 4.79 Å². The number of ketones is 1. The molecule has 0 amide bonds. The summed E-state index contributed by atoms with van der Waals surface area (Å²) in [6.45, 7) is 6.17. The third kappa shape index (κ3) is 1.89. The molecule has 0 spiro atoms. The monoisotopic (exact) mass is 221 g/mol. The van der Waals surface area contributed by atoms with Crippen LogP contribution in [0.3, 0.4) is 0 Å². The second-order valence-corrected chi connectivity index (χ2v) is 4.62. The first kappa shape index (κ1) is 11.3. The highest BCUT2D eigenvalue weighted by Crippen LogP contribution is 2.26. The molecule has 3 unspecified atom stereocenters. The normalized spacial score (nSPS) is 26.6. The Labute approximate surface area is 95.9 Å². The molecule has 4 heteroatoms. The number of Topliss-reactive ketones (excluding diaryl/α,β-unsaturated/α-hetero) is 1. The van der Waals surface area contributed by atoms with E-state index in [1.807, 2.05) is 6.92 Å². The maximum Gasteiger partial charge on any atom is 0.158 e. The van der Waals surface area contributed by atoms with Gasteiger partial charge in [-0.1, -0.05) is 6.92 Å². The number of H-pyrrole nitrogens is 1. The molecule has 3 atom stereocenters. The Kier molecular flexibility index (Phi) is 3.10. The van der Waals surface area contributed by atoms with Crippen LogP contribution in [-0.2, 0) is 11.2 Å². The summed E-state index contributed by atoms with van der Waals surface area (Å²) >= 11 is 0. The summed E-state index contributed by atoms with van der Waals surface area (Å²) in [5.74, 6) is 0.177. The minimum atomic E-state index is -0.0865. The topological polar surface area (TPSA) is 57.8 Å². The van der Waals surface area contributed by atoms with Crippen molar-refractivity contribution >= 4 is 5.78 Å². The van der Waals surface area contributed by atoms with Gasteiger partial charge in [-0.25, -0.2) is 4.98 Å². The van der Waals surface area contributed by atoms with Crippen LogP contribution >= 0.6 is 0 Å². The van der Waals surface area contributed by atoms with Crippen molar-refractivity contribution in [2.24, 2.45) is 0 Å². The second kappa shape index (κ2) is 4.37. The van der Waals surface area contributed by atoms with Gasteiger partial charge in [0.25, 0.3) is 0 Å². The number of aromatic nitrogens is 2. The Balaban J connectivity index is 2.16. The van der Waals surface area contributed by atoms with E-state index in [1.165, 1.54) is 0 Å². The van der Waals surface area contributed by atoms with Crippen molar-refractivity contribution in [3.05, 3.63) is 17.7 Å². The SMILES string of the molecule is CCC(C)NC1Cc2[nH]cnc2C(C)C1=O. The average molecular weight is 221 g/mol. The van der Waals surface area contributed by atoms with Gasteiger partial charge in [-0.2, -0.15) is 0 Å². The number of aromatic amines is 1. The molecule has 1 aromatic heterocycles. The fourth-order valence-corrected chi connectivity index (χ4v) is 2.21. The van der Waals surface area contributed by atoms with E-state index in [1.54, 1.807) is 6.33 Å². The zero-order valence-electron chi connectivity index (χ0n) is 10.1. The molecule has 2 N–H and O–H groups in total. The van der Waals surface area contributed by atoms with Crippen LogP contribution in [-0.4, -0.2) is 27.8 Å². The van der Waals surface area contributed by atoms with E-state index < -0.39 is 0 Å². The van der Waals surface area contributed by atoms with Crippen LogP contribution < -0.4 is 5.32 Å². The second-order valence-electron chi connectivity index (χ2n) is 4.62. The van der Waals surface area contributed by atoms with Crippen molar-refractivity contribution in [3.63, 3.8) is 0 Å². The standard InChI is InChI=1S/C12H19N3O/c1-4-7(2)15-10-5-9-11(14-6-13-9)8(3)12(10)16/h6-8,10,15H,4-5H2,1-3H3,(H,13,14). The largest absolute Gasteiger partial charge is 0.348 e. The molecule has 1 aliphatic carbocycles.